The molecule has 1 amide bonds. The number of nitrogens with one attached hydrogen (secondary N) is 2. The summed E-state index contributed by atoms with van der Waals surface area (Å²) in [5, 5.41) is 16.0. The molecule has 1 aliphatic carbocycles. The Bertz CT molecular complexity index is 709. The zero-order valence-electron chi connectivity index (χ0n) is 12.1. The summed E-state index contributed by atoms with van der Waals surface area (Å²) in [5.41, 5.74) is 0.753. The Morgan fingerprint density at radius 3 is 2.91 bits per heavy atom. The summed E-state index contributed by atoms with van der Waals surface area (Å²) < 4.78 is 5.64. The largest absolute Gasteiger partial charge is 0.508 e. The Labute approximate surface area is 128 Å². The molecule has 3 atom stereocenters. The number of piperidine rings is 1. The number of carbonyl (C=O) groups excluding carboxylic acids is 1. The van der Waals surface area contributed by atoms with Crippen LogP contribution in [0.5, 0.6) is 5.75 Å². The maximum absolute atomic E-state index is 12.3. The Morgan fingerprint density at radius 1 is 1.27 bits per heavy atom. The van der Waals surface area contributed by atoms with Crippen molar-refractivity contribution in [3.63, 3.8) is 0 Å². The quantitative estimate of drug-likeness (QED) is 0.811. The summed E-state index contributed by atoms with van der Waals surface area (Å²) in [6.07, 6.45) is 2.15. The predicted octanol–water partition coefficient (Wildman–Crippen LogP) is 2.13. The average molecular weight is 298 g/mol. The summed E-state index contributed by atoms with van der Waals surface area (Å²) in [6, 6.07) is 11.0. The minimum atomic E-state index is -0.163. The van der Waals surface area contributed by atoms with Gasteiger partial charge in [-0.05, 0) is 43.0 Å². The van der Waals surface area contributed by atoms with E-state index in [0.717, 1.165) is 24.9 Å². The van der Waals surface area contributed by atoms with Gasteiger partial charge in [-0.2, -0.15) is 0 Å². The van der Waals surface area contributed by atoms with Gasteiger partial charge in [-0.15, -0.1) is 0 Å². The molecular weight excluding hydrogens is 280 g/mol. The van der Waals surface area contributed by atoms with Crippen molar-refractivity contribution in [3.05, 3.63) is 42.2 Å². The maximum Gasteiger partial charge on any atom is 0.287 e. The first-order valence-electron chi connectivity index (χ1n) is 7.62. The summed E-state index contributed by atoms with van der Waals surface area (Å²) in [7, 11) is 0. The van der Waals surface area contributed by atoms with E-state index < -0.39 is 0 Å². The van der Waals surface area contributed by atoms with Crippen LogP contribution in [0, 0.1) is 5.92 Å². The second-order valence-corrected chi connectivity index (χ2v) is 6.13. The fourth-order valence-corrected chi connectivity index (χ4v) is 3.53. The molecule has 0 radical (unpaired) electrons. The highest BCUT2D eigenvalue weighted by molar-refractivity contribution is 5.92. The molecule has 0 spiro atoms. The van der Waals surface area contributed by atoms with Gasteiger partial charge in [0.05, 0.1) is 0 Å². The van der Waals surface area contributed by atoms with Crippen LogP contribution < -0.4 is 10.6 Å². The fourth-order valence-electron chi connectivity index (χ4n) is 3.53. The average Bonchev–Trinajstić information content (AvgIpc) is 3.23. The highest BCUT2D eigenvalue weighted by atomic mass is 16.4. The van der Waals surface area contributed by atoms with Crippen LogP contribution in [0.15, 0.2) is 40.8 Å². The van der Waals surface area contributed by atoms with Crippen molar-refractivity contribution < 1.29 is 14.3 Å². The maximum atomic E-state index is 12.3. The van der Waals surface area contributed by atoms with Crippen LogP contribution in [0.2, 0.25) is 0 Å². The van der Waals surface area contributed by atoms with E-state index in [1.54, 1.807) is 30.3 Å². The van der Waals surface area contributed by atoms with Crippen molar-refractivity contribution in [1.29, 1.82) is 0 Å². The lowest BCUT2D eigenvalue weighted by Crippen LogP contribution is -2.44. The Balaban J connectivity index is 1.48. The molecule has 5 heteroatoms. The summed E-state index contributed by atoms with van der Waals surface area (Å²) in [4.78, 5) is 12.3. The van der Waals surface area contributed by atoms with Crippen LogP contribution in [0.4, 0.5) is 0 Å². The van der Waals surface area contributed by atoms with E-state index in [2.05, 4.69) is 10.6 Å². The SMILES string of the molecule is O=C(NC1CC2CC1CN2)c1ccc(-c2cccc(O)c2)o1. The number of fused-ring (bicyclic) bond motifs is 2. The number of furan rings is 1. The molecule has 3 unspecified atom stereocenters. The first kappa shape index (κ1) is 13.4. The van der Waals surface area contributed by atoms with Gasteiger partial charge in [-0.1, -0.05) is 12.1 Å². The zero-order valence-corrected chi connectivity index (χ0v) is 12.1. The number of phenolic OH excluding ortho intramolecular Hbond substituents is 1. The normalized spacial score (nSPS) is 26.3. The lowest BCUT2D eigenvalue weighted by Gasteiger charge is -2.22. The van der Waals surface area contributed by atoms with Gasteiger partial charge in [0.2, 0.25) is 0 Å². The van der Waals surface area contributed by atoms with Crippen LogP contribution in [-0.2, 0) is 0 Å². The van der Waals surface area contributed by atoms with Gasteiger partial charge >= 0.3 is 0 Å². The third kappa shape index (κ3) is 2.37. The molecule has 2 aliphatic rings. The Kier molecular flexibility index (Phi) is 3.15. The molecule has 4 rings (SSSR count). The van der Waals surface area contributed by atoms with Gasteiger partial charge in [0.1, 0.15) is 11.5 Å². The minimum absolute atomic E-state index is 0.163. The lowest BCUT2D eigenvalue weighted by molar-refractivity contribution is 0.0897. The third-order valence-corrected chi connectivity index (χ3v) is 4.64. The van der Waals surface area contributed by atoms with Crippen LogP contribution in [0.3, 0.4) is 0 Å². The van der Waals surface area contributed by atoms with Gasteiger partial charge < -0.3 is 20.2 Å². The first-order chi connectivity index (χ1) is 10.7. The van der Waals surface area contributed by atoms with Crippen molar-refractivity contribution in [3.8, 4) is 17.1 Å². The smallest absolute Gasteiger partial charge is 0.287 e. The van der Waals surface area contributed by atoms with Crippen LogP contribution in [-0.4, -0.2) is 29.6 Å². The number of rotatable bonds is 3. The van der Waals surface area contributed by atoms with Crippen LogP contribution >= 0.6 is 0 Å². The van der Waals surface area contributed by atoms with Crippen molar-refractivity contribution in [2.45, 2.75) is 24.9 Å². The molecule has 1 aromatic heterocycles. The summed E-state index contributed by atoms with van der Waals surface area (Å²) >= 11 is 0. The predicted molar refractivity (Wildman–Crippen MR) is 81.6 cm³/mol. The molecule has 1 aliphatic heterocycles. The molecule has 2 aromatic rings. The second kappa shape index (κ2) is 5.18. The van der Waals surface area contributed by atoms with E-state index in [9.17, 15) is 9.90 Å². The van der Waals surface area contributed by atoms with E-state index in [1.807, 2.05) is 6.07 Å². The van der Waals surface area contributed by atoms with E-state index in [1.165, 1.54) is 0 Å². The molecule has 22 heavy (non-hydrogen) atoms. The number of hydrogen-bond acceptors (Lipinski definition) is 4. The molecule has 114 valence electrons. The number of carbonyl (C=O) groups is 1. The van der Waals surface area contributed by atoms with Gasteiger partial charge in [-0.3, -0.25) is 4.79 Å². The van der Waals surface area contributed by atoms with E-state index in [-0.39, 0.29) is 17.7 Å². The van der Waals surface area contributed by atoms with Crippen molar-refractivity contribution in [1.82, 2.24) is 10.6 Å². The number of phenols is 1. The Hall–Kier alpha value is -2.27. The zero-order chi connectivity index (χ0) is 15.1. The molecule has 1 aromatic carbocycles. The van der Waals surface area contributed by atoms with Crippen molar-refractivity contribution in [2.75, 3.05) is 6.54 Å². The van der Waals surface area contributed by atoms with Gasteiger partial charge in [0.15, 0.2) is 5.76 Å². The highest BCUT2D eigenvalue weighted by Crippen LogP contribution is 2.31. The number of amides is 1. The molecule has 2 fully saturated rings. The molecule has 2 bridgehead atoms. The first-order valence-corrected chi connectivity index (χ1v) is 7.62. The van der Waals surface area contributed by atoms with E-state index >= 15 is 0 Å². The van der Waals surface area contributed by atoms with E-state index in [4.69, 9.17) is 4.42 Å². The highest BCUT2D eigenvalue weighted by Gasteiger charge is 2.40. The third-order valence-electron chi connectivity index (χ3n) is 4.64. The Morgan fingerprint density at radius 2 is 2.18 bits per heavy atom. The van der Waals surface area contributed by atoms with Crippen LogP contribution in [0.25, 0.3) is 11.3 Å². The fraction of sp³-hybridized carbons (Fsp3) is 0.353. The van der Waals surface area contributed by atoms with Crippen molar-refractivity contribution in [2.24, 2.45) is 5.92 Å². The summed E-state index contributed by atoms with van der Waals surface area (Å²) in [6.45, 7) is 0.988. The van der Waals surface area contributed by atoms with Gasteiger partial charge in [0, 0.05) is 24.2 Å². The number of hydrogen-bond donors (Lipinski definition) is 3. The number of aromatic hydroxyl groups is 1. The minimum Gasteiger partial charge on any atom is -0.508 e. The summed E-state index contributed by atoms with van der Waals surface area (Å²) in [5.74, 6) is 1.44. The van der Waals surface area contributed by atoms with Gasteiger partial charge in [-0.25, -0.2) is 0 Å². The van der Waals surface area contributed by atoms with Gasteiger partial charge in [0.25, 0.3) is 5.91 Å². The molecule has 3 N–H and O–H groups in total. The standard InChI is InChI=1S/C17H18N2O3/c20-13-3-1-2-10(7-13)15-4-5-16(22-15)17(21)19-14-8-12-6-11(14)9-18-12/h1-5,7,11-12,14,18,20H,6,8-9H2,(H,19,21). The van der Waals surface area contributed by atoms with E-state index in [0.29, 0.717) is 23.5 Å². The lowest BCUT2D eigenvalue weighted by atomic mass is 10.0. The second-order valence-electron chi connectivity index (χ2n) is 6.13. The monoisotopic (exact) mass is 298 g/mol. The topological polar surface area (TPSA) is 74.5 Å². The molecule has 5 nitrogen and oxygen atoms in total. The molecular formula is C17H18N2O3. The van der Waals surface area contributed by atoms with Crippen LogP contribution in [0.1, 0.15) is 23.4 Å². The molecule has 1 saturated carbocycles. The van der Waals surface area contributed by atoms with Crippen molar-refractivity contribution >= 4 is 5.91 Å². The molecule has 2 heterocycles. The molecule has 1 saturated heterocycles. The number of benzene rings is 1.